The van der Waals surface area contributed by atoms with Gasteiger partial charge in [-0.05, 0) is 42.8 Å². The third kappa shape index (κ3) is 4.76. The van der Waals surface area contributed by atoms with E-state index in [1.165, 1.54) is 24.3 Å². The van der Waals surface area contributed by atoms with Crippen molar-refractivity contribution >= 4 is 56.4 Å². The number of aryl methyl sites for hydroxylation is 1. The number of nitrogens with one attached hydrogen (secondary N) is 2. The standard InChI is InChI=1S/C22H19Cl2F3N2O4S2/c1-11-5-12(3-4-17(11)20(30)28-16-9-34-10-16)18-19(35(2,31)32)21(33-29-18,22(25,26)27)13-6-14(23)8-15(24)7-13/h3-8,16,29H,9-10H2,1-2H3,(H,28,30). The van der Waals surface area contributed by atoms with Crippen LogP contribution in [0.25, 0.3) is 5.70 Å². The summed E-state index contributed by atoms with van der Waals surface area (Å²) in [6.45, 7) is 1.61. The molecule has 1 unspecified atom stereocenters. The van der Waals surface area contributed by atoms with Crippen molar-refractivity contribution in [2.24, 2.45) is 0 Å². The molecule has 2 aliphatic rings. The summed E-state index contributed by atoms with van der Waals surface area (Å²) in [5.74, 6) is 1.30. The Bertz CT molecular complexity index is 1320. The van der Waals surface area contributed by atoms with Crippen LogP contribution in [0.4, 0.5) is 13.2 Å². The molecule has 0 spiro atoms. The number of sulfone groups is 1. The summed E-state index contributed by atoms with van der Waals surface area (Å²) >= 11 is 13.6. The zero-order valence-electron chi connectivity index (χ0n) is 18.3. The Morgan fingerprint density at radius 3 is 2.29 bits per heavy atom. The zero-order valence-corrected chi connectivity index (χ0v) is 21.4. The summed E-state index contributed by atoms with van der Waals surface area (Å²) < 4.78 is 69.6. The predicted molar refractivity (Wildman–Crippen MR) is 130 cm³/mol. The minimum Gasteiger partial charge on any atom is -0.348 e. The summed E-state index contributed by atoms with van der Waals surface area (Å²) in [6.07, 6.45) is -4.56. The monoisotopic (exact) mass is 566 g/mol. The van der Waals surface area contributed by atoms with Crippen molar-refractivity contribution in [2.45, 2.75) is 24.7 Å². The maximum Gasteiger partial charge on any atom is 0.429 e. The Balaban J connectivity index is 1.88. The van der Waals surface area contributed by atoms with Crippen LogP contribution in [0, 0.1) is 6.92 Å². The van der Waals surface area contributed by atoms with E-state index in [1.54, 1.807) is 18.7 Å². The molecule has 4 rings (SSSR count). The number of halogens is 5. The molecule has 35 heavy (non-hydrogen) atoms. The maximum absolute atomic E-state index is 14.6. The lowest BCUT2D eigenvalue weighted by Crippen LogP contribution is -2.46. The average molecular weight is 567 g/mol. The Labute approximate surface area is 214 Å². The molecule has 13 heteroatoms. The molecule has 2 aromatic rings. The number of hydrogen-bond donors (Lipinski definition) is 2. The molecule has 188 valence electrons. The highest BCUT2D eigenvalue weighted by Crippen LogP contribution is 2.54. The van der Waals surface area contributed by atoms with E-state index in [-0.39, 0.29) is 27.6 Å². The number of hydroxylamine groups is 1. The number of carbonyl (C=O) groups excluding carboxylic acids is 1. The number of amides is 1. The minimum atomic E-state index is -5.22. The number of thioether (sulfide) groups is 1. The highest BCUT2D eigenvalue weighted by molar-refractivity contribution is 8.00. The molecule has 2 heterocycles. The summed E-state index contributed by atoms with van der Waals surface area (Å²) in [7, 11) is -4.51. The van der Waals surface area contributed by atoms with Gasteiger partial charge in [-0.15, -0.1) is 0 Å². The van der Waals surface area contributed by atoms with Gasteiger partial charge in [-0.2, -0.15) is 24.9 Å². The molecule has 2 aromatic carbocycles. The van der Waals surface area contributed by atoms with Gasteiger partial charge in [0.1, 0.15) is 4.91 Å². The fourth-order valence-corrected chi connectivity index (χ4v) is 6.48. The lowest BCUT2D eigenvalue weighted by atomic mass is 9.90. The summed E-state index contributed by atoms with van der Waals surface area (Å²) in [6, 6.07) is 7.42. The molecule has 6 nitrogen and oxygen atoms in total. The van der Waals surface area contributed by atoms with Gasteiger partial charge in [0.15, 0.2) is 9.84 Å². The highest BCUT2D eigenvalue weighted by atomic mass is 35.5. The minimum absolute atomic E-state index is 0.0629. The van der Waals surface area contributed by atoms with E-state index in [0.29, 0.717) is 17.4 Å². The van der Waals surface area contributed by atoms with Gasteiger partial charge in [0.2, 0.25) is 0 Å². The van der Waals surface area contributed by atoms with Crippen LogP contribution in [0.2, 0.25) is 10.0 Å². The molecule has 0 bridgehead atoms. The third-order valence-electron chi connectivity index (χ3n) is 5.63. The molecule has 1 atom stereocenters. The first kappa shape index (κ1) is 26.2. The zero-order chi connectivity index (χ0) is 25.8. The van der Waals surface area contributed by atoms with E-state index in [1.807, 2.05) is 0 Å². The van der Waals surface area contributed by atoms with E-state index in [0.717, 1.165) is 23.6 Å². The smallest absolute Gasteiger partial charge is 0.348 e. The van der Waals surface area contributed by atoms with Crippen molar-refractivity contribution in [3.8, 4) is 0 Å². The van der Waals surface area contributed by atoms with Crippen LogP contribution in [-0.2, 0) is 20.3 Å². The molecule has 1 fully saturated rings. The highest BCUT2D eigenvalue weighted by Gasteiger charge is 2.67. The van der Waals surface area contributed by atoms with Crippen molar-refractivity contribution in [1.29, 1.82) is 0 Å². The SMILES string of the molecule is Cc1cc(C2=C(S(C)(=O)=O)C(c3cc(Cl)cc(Cl)c3)(C(F)(F)F)ON2)ccc1C(=O)NC1CSC1. The van der Waals surface area contributed by atoms with Crippen LogP contribution in [0.3, 0.4) is 0 Å². The van der Waals surface area contributed by atoms with Gasteiger partial charge in [-0.3, -0.25) is 10.3 Å². The second-order valence-corrected chi connectivity index (χ2v) is 12.2. The molecule has 0 aromatic heterocycles. The number of hydrogen-bond acceptors (Lipinski definition) is 6. The summed E-state index contributed by atoms with van der Waals surface area (Å²) in [5.41, 5.74) is -1.35. The van der Waals surface area contributed by atoms with Crippen molar-refractivity contribution in [3.63, 3.8) is 0 Å². The summed E-state index contributed by atoms with van der Waals surface area (Å²) in [4.78, 5) is 16.6. The quantitative estimate of drug-likeness (QED) is 0.538. The van der Waals surface area contributed by atoms with Crippen LogP contribution in [0.1, 0.15) is 27.0 Å². The van der Waals surface area contributed by atoms with Crippen LogP contribution in [0.5, 0.6) is 0 Å². The topological polar surface area (TPSA) is 84.5 Å². The second kappa shape index (κ2) is 9.19. The fourth-order valence-electron chi connectivity index (χ4n) is 3.99. The van der Waals surface area contributed by atoms with Gasteiger partial charge in [-0.1, -0.05) is 29.3 Å². The van der Waals surface area contributed by atoms with Crippen LogP contribution >= 0.6 is 35.0 Å². The lowest BCUT2D eigenvalue weighted by Gasteiger charge is -2.32. The molecular weight excluding hydrogens is 548 g/mol. The first-order chi connectivity index (χ1) is 16.2. The largest absolute Gasteiger partial charge is 0.429 e. The number of alkyl halides is 3. The van der Waals surface area contributed by atoms with Crippen molar-refractivity contribution in [3.05, 3.63) is 73.6 Å². The predicted octanol–water partition coefficient (Wildman–Crippen LogP) is 4.85. The molecule has 0 saturated carbocycles. The number of benzene rings is 2. The van der Waals surface area contributed by atoms with E-state index in [2.05, 4.69) is 10.8 Å². The number of carbonyl (C=O) groups is 1. The Kier molecular flexibility index (Phi) is 6.86. The van der Waals surface area contributed by atoms with E-state index in [9.17, 15) is 26.4 Å². The van der Waals surface area contributed by atoms with Crippen molar-refractivity contribution in [2.75, 3.05) is 17.8 Å². The second-order valence-electron chi connectivity index (χ2n) is 8.26. The Hall–Kier alpha value is -1.92. The fraction of sp³-hybridized carbons (Fsp3) is 0.318. The van der Waals surface area contributed by atoms with Gasteiger partial charge < -0.3 is 5.32 Å². The first-order valence-electron chi connectivity index (χ1n) is 10.2. The van der Waals surface area contributed by atoms with Gasteiger partial charge in [0.05, 0.1) is 5.70 Å². The van der Waals surface area contributed by atoms with E-state index in [4.69, 9.17) is 28.0 Å². The van der Waals surface area contributed by atoms with Gasteiger partial charge in [-0.25, -0.2) is 13.3 Å². The Morgan fingerprint density at radius 2 is 1.80 bits per heavy atom. The third-order valence-corrected chi connectivity index (χ3v) is 8.57. The maximum atomic E-state index is 14.6. The van der Waals surface area contributed by atoms with E-state index >= 15 is 0 Å². The normalized spacial score (nSPS) is 21.0. The van der Waals surface area contributed by atoms with Crippen LogP contribution in [-0.4, -0.2) is 44.3 Å². The van der Waals surface area contributed by atoms with Crippen molar-refractivity contribution in [1.82, 2.24) is 10.8 Å². The molecule has 1 saturated heterocycles. The summed E-state index contributed by atoms with van der Waals surface area (Å²) in [5, 5.41) is 2.62. The van der Waals surface area contributed by atoms with E-state index < -0.39 is 37.8 Å². The van der Waals surface area contributed by atoms with Crippen molar-refractivity contribution < 1.29 is 31.2 Å². The molecular formula is C22H19Cl2F3N2O4S2. The molecule has 0 radical (unpaired) electrons. The number of rotatable bonds is 5. The van der Waals surface area contributed by atoms with Crippen LogP contribution in [0.15, 0.2) is 41.3 Å². The molecule has 2 aliphatic heterocycles. The first-order valence-corrected chi connectivity index (χ1v) is 14.0. The lowest BCUT2D eigenvalue weighted by molar-refractivity contribution is -0.271. The van der Waals surface area contributed by atoms with Gasteiger partial charge >= 0.3 is 6.18 Å². The molecule has 1 amide bonds. The van der Waals surface area contributed by atoms with Crippen LogP contribution < -0.4 is 10.8 Å². The molecule has 2 N–H and O–H groups in total. The average Bonchev–Trinajstić information content (AvgIpc) is 3.12. The Morgan fingerprint density at radius 1 is 1.17 bits per heavy atom. The van der Waals surface area contributed by atoms with Gasteiger partial charge in [0, 0.05) is 50.5 Å². The molecule has 0 aliphatic carbocycles. The van der Waals surface area contributed by atoms with Gasteiger partial charge in [0.25, 0.3) is 11.5 Å².